The summed E-state index contributed by atoms with van der Waals surface area (Å²) in [5.41, 5.74) is 11.8. The number of amides is 1. The Bertz CT molecular complexity index is 1600. The number of thiophene rings is 1. The van der Waals surface area contributed by atoms with Gasteiger partial charge in [0.2, 0.25) is 0 Å². The van der Waals surface area contributed by atoms with Crippen molar-refractivity contribution in [2.75, 3.05) is 11.1 Å². The third-order valence-electron chi connectivity index (χ3n) is 5.62. The van der Waals surface area contributed by atoms with Gasteiger partial charge in [-0.25, -0.2) is 4.98 Å². The highest BCUT2D eigenvalue weighted by Crippen LogP contribution is 2.43. The highest BCUT2D eigenvalue weighted by atomic mass is 35.5. The fourth-order valence-corrected chi connectivity index (χ4v) is 5.43. The zero-order chi connectivity index (χ0) is 24.7. The molecule has 174 valence electrons. The second-order valence-electron chi connectivity index (χ2n) is 7.98. The van der Waals surface area contributed by atoms with E-state index in [0.717, 1.165) is 27.9 Å². The number of anilines is 2. The summed E-state index contributed by atoms with van der Waals surface area (Å²) in [5.74, 6) is -0.392. The fraction of sp³-hybridized carbons (Fsp3) is 0.0370. The summed E-state index contributed by atoms with van der Waals surface area (Å²) in [6.07, 6.45) is 0. The molecule has 5 rings (SSSR count). The number of carbonyl (C=O) groups excluding carboxylic acids is 1. The Morgan fingerprint density at radius 1 is 0.914 bits per heavy atom. The number of pyridine rings is 1. The highest BCUT2D eigenvalue weighted by molar-refractivity contribution is 7.21. The number of hydrogen-bond acceptors (Lipinski definition) is 4. The monoisotopic (exact) mass is 537 g/mol. The summed E-state index contributed by atoms with van der Waals surface area (Å²) >= 11 is 20.2. The van der Waals surface area contributed by atoms with Gasteiger partial charge in [-0.3, -0.25) is 4.79 Å². The van der Waals surface area contributed by atoms with E-state index in [1.165, 1.54) is 11.3 Å². The maximum atomic E-state index is 13.2. The number of nitrogens with two attached hydrogens (primary N) is 1. The number of hydrogen-bond donors (Lipinski definition) is 2. The predicted octanol–water partition coefficient (Wildman–Crippen LogP) is 8.73. The lowest BCUT2D eigenvalue weighted by Gasteiger charge is -2.10. The molecule has 3 aromatic carbocycles. The molecule has 0 spiro atoms. The van der Waals surface area contributed by atoms with Crippen LogP contribution in [0, 0.1) is 6.92 Å². The van der Waals surface area contributed by atoms with Gasteiger partial charge in [-0.15, -0.1) is 11.3 Å². The van der Waals surface area contributed by atoms with Crippen molar-refractivity contribution in [3.8, 4) is 22.4 Å². The number of rotatable bonds is 4. The van der Waals surface area contributed by atoms with Gasteiger partial charge in [-0.2, -0.15) is 0 Å². The third kappa shape index (κ3) is 4.48. The standard InChI is InChI=1S/C27H18Cl3N3OS/c1-14-9-11-15(12-10-14)21-13-17(16-5-2-3-6-18(16)28)22-24(31)25(35-27(22)33-21)26(34)32-20-8-4-7-19(29)23(20)30/h2-13H,31H2,1H3,(H,32,34). The summed E-state index contributed by atoms with van der Waals surface area (Å²) in [5, 5.41) is 4.69. The first kappa shape index (κ1) is 23.6. The van der Waals surface area contributed by atoms with Gasteiger partial charge >= 0.3 is 0 Å². The summed E-state index contributed by atoms with van der Waals surface area (Å²) < 4.78 is 0. The van der Waals surface area contributed by atoms with E-state index >= 15 is 0 Å². The second-order valence-corrected chi connectivity index (χ2v) is 10.2. The SMILES string of the molecule is Cc1ccc(-c2cc(-c3ccccc3Cl)c3c(N)c(C(=O)Nc4cccc(Cl)c4Cl)sc3n2)cc1. The molecule has 0 aliphatic carbocycles. The van der Waals surface area contributed by atoms with Crippen LogP contribution >= 0.6 is 46.1 Å². The number of benzene rings is 3. The van der Waals surface area contributed by atoms with Crippen LogP contribution in [-0.4, -0.2) is 10.9 Å². The van der Waals surface area contributed by atoms with Crippen molar-refractivity contribution in [2.45, 2.75) is 6.92 Å². The van der Waals surface area contributed by atoms with E-state index in [9.17, 15) is 4.79 Å². The molecular weight excluding hydrogens is 521 g/mol. The Morgan fingerprint density at radius 3 is 2.37 bits per heavy atom. The molecule has 0 atom stereocenters. The van der Waals surface area contributed by atoms with Crippen molar-refractivity contribution in [2.24, 2.45) is 0 Å². The van der Waals surface area contributed by atoms with E-state index in [-0.39, 0.29) is 5.02 Å². The molecular formula is C27H18Cl3N3OS. The lowest BCUT2D eigenvalue weighted by atomic mass is 9.99. The minimum Gasteiger partial charge on any atom is -0.397 e. The molecule has 0 radical (unpaired) electrons. The van der Waals surface area contributed by atoms with Crippen LogP contribution in [0.25, 0.3) is 32.6 Å². The molecule has 0 saturated heterocycles. The molecule has 8 heteroatoms. The van der Waals surface area contributed by atoms with Crippen LogP contribution in [0.2, 0.25) is 15.1 Å². The Kier molecular flexibility index (Phi) is 6.43. The van der Waals surface area contributed by atoms with Crippen LogP contribution in [0.1, 0.15) is 15.2 Å². The number of nitrogens with one attached hydrogen (secondary N) is 1. The van der Waals surface area contributed by atoms with Gasteiger partial charge < -0.3 is 11.1 Å². The van der Waals surface area contributed by atoms with Crippen molar-refractivity contribution in [3.05, 3.63) is 98.3 Å². The smallest absolute Gasteiger partial charge is 0.267 e. The number of nitrogen functional groups attached to an aromatic ring is 1. The highest BCUT2D eigenvalue weighted by Gasteiger charge is 2.23. The van der Waals surface area contributed by atoms with E-state index in [2.05, 4.69) is 5.32 Å². The zero-order valence-electron chi connectivity index (χ0n) is 18.4. The zero-order valence-corrected chi connectivity index (χ0v) is 21.5. The van der Waals surface area contributed by atoms with E-state index < -0.39 is 5.91 Å². The molecule has 2 aromatic heterocycles. The molecule has 0 fully saturated rings. The number of halogens is 3. The van der Waals surface area contributed by atoms with E-state index in [1.807, 2.05) is 61.5 Å². The minimum atomic E-state index is -0.392. The van der Waals surface area contributed by atoms with Crippen LogP contribution in [0.5, 0.6) is 0 Å². The first-order valence-electron chi connectivity index (χ1n) is 10.6. The largest absolute Gasteiger partial charge is 0.397 e. The molecule has 5 aromatic rings. The van der Waals surface area contributed by atoms with Gasteiger partial charge in [-0.1, -0.05) is 88.9 Å². The van der Waals surface area contributed by atoms with Crippen molar-refractivity contribution < 1.29 is 4.79 Å². The van der Waals surface area contributed by atoms with Crippen LogP contribution in [0.3, 0.4) is 0 Å². The summed E-state index contributed by atoms with van der Waals surface area (Å²) in [6.45, 7) is 2.03. The summed E-state index contributed by atoms with van der Waals surface area (Å²) in [6, 6.07) is 22.7. The van der Waals surface area contributed by atoms with Gasteiger partial charge in [0.1, 0.15) is 9.71 Å². The van der Waals surface area contributed by atoms with Crippen molar-refractivity contribution in [1.82, 2.24) is 4.98 Å². The van der Waals surface area contributed by atoms with Crippen LogP contribution in [-0.2, 0) is 0 Å². The Labute approximate surface area is 221 Å². The van der Waals surface area contributed by atoms with E-state index in [1.54, 1.807) is 18.2 Å². The molecule has 0 unspecified atom stereocenters. The molecule has 35 heavy (non-hydrogen) atoms. The summed E-state index contributed by atoms with van der Waals surface area (Å²) in [4.78, 5) is 19.1. The quantitative estimate of drug-likeness (QED) is 0.240. The van der Waals surface area contributed by atoms with Crippen LogP contribution < -0.4 is 11.1 Å². The first-order chi connectivity index (χ1) is 16.8. The van der Waals surface area contributed by atoms with Crippen LogP contribution in [0.15, 0.2) is 72.8 Å². The average Bonchev–Trinajstić information content (AvgIpc) is 3.19. The minimum absolute atomic E-state index is 0.263. The molecule has 4 nitrogen and oxygen atoms in total. The third-order valence-corrected chi connectivity index (χ3v) is 7.86. The Balaban J connectivity index is 1.69. The lowest BCUT2D eigenvalue weighted by molar-refractivity contribution is 0.103. The second kappa shape index (κ2) is 9.51. The number of nitrogens with zero attached hydrogens (tertiary/aromatic N) is 1. The fourth-order valence-electron chi connectivity index (χ4n) is 3.83. The van der Waals surface area contributed by atoms with Gasteiger partial charge in [-0.05, 0) is 36.8 Å². The number of carbonyl (C=O) groups is 1. The molecule has 0 aliphatic heterocycles. The number of fused-ring (bicyclic) bond motifs is 1. The van der Waals surface area contributed by atoms with Crippen molar-refractivity contribution >= 4 is 73.6 Å². The lowest BCUT2D eigenvalue weighted by Crippen LogP contribution is -2.12. The topological polar surface area (TPSA) is 68.0 Å². The maximum absolute atomic E-state index is 13.2. The van der Waals surface area contributed by atoms with E-state index in [4.69, 9.17) is 45.5 Å². The van der Waals surface area contributed by atoms with Crippen molar-refractivity contribution in [3.63, 3.8) is 0 Å². The number of aromatic nitrogens is 1. The summed E-state index contributed by atoms with van der Waals surface area (Å²) in [7, 11) is 0. The van der Waals surface area contributed by atoms with Crippen LogP contribution in [0.4, 0.5) is 11.4 Å². The van der Waals surface area contributed by atoms with Gasteiger partial charge in [0, 0.05) is 21.5 Å². The van der Waals surface area contributed by atoms with Crippen molar-refractivity contribution in [1.29, 1.82) is 0 Å². The first-order valence-corrected chi connectivity index (χ1v) is 12.6. The van der Waals surface area contributed by atoms with Gasteiger partial charge in [0.05, 0.1) is 27.1 Å². The Morgan fingerprint density at radius 2 is 1.63 bits per heavy atom. The average molecular weight is 539 g/mol. The van der Waals surface area contributed by atoms with Gasteiger partial charge in [0.15, 0.2) is 0 Å². The Hall–Kier alpha value is -3.09. The normalized spacial score (nSPS) is 11.1. The maximum Gasteiger partial charge on any atom is 0.267 e. The number of aryl methyl sites for hydroxylation is 1. The molecule has 0 aliphatic rings. The molecule has 3 N–H and O–H groups in total. The molecule has 0 bridgehead atoms. The van der Waals surface area contributed by atoms with Gasteiger partial charge in [0.25, 0.3) is 5.91 Å². The molecule has 1 amide bonds. The molecule has 0 saturated carbocycles. The predicted molar refractivity (Wildman–Crippen MR) is 149 cm³/mol. The molecule has 2 heterocycles. The van der Waals surface area contributed by atoms with E-state index in [0.29, 0.717) is 36.5 Å².